The molecule has 1 aromatic rings. The molecule has 0 amide bonds. The highest BCUT2D eigenvalue weighted by Crippen LogP contribution is 2.08. The molecular formula is C13H18O5S2. The first kappa shape index (κ1) is 16.8. The molecule has 0 saturated carbocycles. The van der Waals surface area contributed by atoms with Gasteiger partial charge in [0.05, 0.1) is 11.5 Å². The Balaban J connectivity index is 2.73. The number of Topliss-reactive ketones (excluding diaryl/α,β-unsaturated/α-hetero) is 1. The quantitative estimate of drug-likeness (QED) is 0.697. The van der Waals surface area contributed by atoms with Crippen LogP contribution in [-0.4, -0.2) is 46.1 Å². The van der Waals surface area contributed by atoms with Crippen LogP contribution in [0.3, 0.4) is 0 Å². The lowest BCUT2D eigenvalue weighted by Gasteiger charge is -2.04. The van der Waals surface area contributed by atoms with Crippen LogP contribution in [0.4, 0.5) is 0 Å². The Morgan fingerprint density at radius 2 is 1.55 bits per heavy atom. The van der Waals surface area contributed by atoms with Crippen LogP contribution in [0.5, 0.6) is 0 Å². The van der Waals surface area contributed by atoms with Gasteiger partial charge in [0.2, 0.25) is 0 Å². The lowest BCUT2D eigenvalue weighted by Crippen LogP contribution is -2.23. The fraction of sp³-hybridized carbons (Fsp3) is 0.462. The zero-order valence-electron chi connectivity index (χ0n) is 11.5. The van der Waals surface area contributed by atoms with Crippen molar-refractivity contribution in [3.63, 3.8) is 0 Å². The molecule has 0 saturated heterocycles. The van der Waals surface area contributed by atoms with Gasteiger partial charge in [0.15, 0.2) is 15.6 Å². The average Bonchev–Trinajstić information content (AvgIpc) is 2.35. The Hall–Kier alpha value is -1.21. The van der Waals surface area contributed by atoms with E-state index in [1.165, 1.54) is 0 Å². The van der Waals surface area contributed by atoms with E-state index in [4.69, 9.17) is 0 Å². The largest absolute Gasteiger partial charge is 0.293 e. The highest BCUT2D eigenvalue weighted by atomic mass is 32.2. The van der Waals surface area contributed by atoms with E-state index in [-0.39, 0.29) is 0 Å². The number of carbonyl (C=O) groups is 1. The van der Waals surface area contributed by atoms with Gasteiger partial charge in [-0.3, -0.25) is 4.79 Å². The molecule has 0 unspecified atom stereocenters. The molecule has 0 atom stereocenters. The van der Waals surface area contributed by atoms with E-state index in [2.05, 4.69) is 0 Å². The molecule has 5 nitrogen and oxygen atoms in total. The van der Waals surface area contributed by atoms with Crippen LogP contribution in [-0.2, 0) is 26.1 Å². The first-order valence-corrected chi connectivity index (χ1v) is 10.0. The van der Waals surface area contributed by atoms with Crippen molar-refractivity contribution in [3.8, 4) is 0 Å². The van der Waals surface area contributed by atoms with Crippen molar-refractivity contribution in [2.75, 3.05) is 23.5 Å². The van der Waals surface area contributed by atoms with Gasteiger partial charge in [0.1, 0.15) is 15.6 Å². The summed E-state index contributed by atoms with van der Waals surface area (Å²) in [5, 5.41) is 0. The fourth-order valence-corrected chi connectivity index (χ4v) is 4.50. The van der Waals surface area contributed by atoms with Crippen molar-refractivity contribution in [2.45, 2.75) is 13.3 Å². The predicted octanol–water partition coefficient (Wildman–Crippen LogP) is 0.891. The number of carbonyl (C=O) groups excluding carboxylic acids is 1. The summed E-state index contributed by atoms with van der Waals surface area (Å²) < 4.78 is 45.3. The van der Waals surface area contributed by atoms with E-state index in [0.717, 1.165) is 18.2 Å². The van der Waals surface area contributed by atoms with Gasteiger partial charge in [-0.25, -0.2) is 16.8 Å². The molecule has 20 heavy (non-hydrogen) atoms. The van der Waals surface area contributed by atoms with Crippen molar-refractivity contribution < 1.29 is 21.6 Å². The molecule has 0 aliphatic rings. The highest BCUT2D eigenvalue weighted by molar-refractivity contribution is 7.95. The van der Waals surface area contributed by atoms with Crippen molar-refractivity contribution in [1.29, 1.82) is 0 Å². The minimum Gasteiger partial charge on any atom is -0.293 e. The third-order valence-electron chi connectivity index (χ3n) is 2.80. The number of sulfone groups is 2. The highest BCUT2D eigenvalue weighted by Gasteiger charge is 2.20. The van der Waals surface area contributed by atoms with E-state index >= 15 is 0 Å². The van der Waals surface area contributed by atoms with E-state index in [1.54, 1.807) is 24.3 Å². The van der Waals surface area contributed by atoms with Gasteiger partial charge in [0.25, 0.3) is 0 Å². The van der Waals surface area contributed by atoms with Gasteiger partial charge in [-0.2, -0.15) is 0 Å². The van der Waals surface area contributed by atoms with Crippen molar-refractivity contribution in [2.24, 2.45) is 0 Å². The molecule has 0 aromatic heterocycles. The van der Waals surface area contributed by atoms with Gasteiger partial charge in [-0.05, 0) is 12.0 Å². The summed E-state index contributed by atoms with van der Waals surface area (Å²) in [4.78, 5) is 11.9. The van der Waals surface area contributed by atoms with Crippen LogP contribution < -0.4 is 0 Å². The molecule has 0 spiro atoms. The second-order valence-corrected chi connectivity index (χ2v) is 9.14. The lowest BCUT2D eigenvalue weighted by molar-refractivity contribution is 0.102. The molecular weight excluding hydrogens is 300 g/mol. The van der Waals surface area contributed by atoms with E-state index in [0.29, 0.717) is 5.56 Å². The third kappa shape index (κ3) is 5.83. The Morgan fingerprint density at radius 3 is 2.00 bits per heavy atom. The normalized spacial score (nSPS) is 12.3. The van der Waals surface area contributed by atoms with Crippen molar-refractivity contribution in [1.82, 2.24) is 0 Å². The standard InChI is InChI=1S/C13H18O5S2/c1-3-11-4-6-12(7-5-11)13(14)10-20(17,18)9-8-19(2,15)16/h4-7H,3,8-10H2,1-2H3. The Labute approximate surface area is 119 Å². The SMILES string of the molecule is CCc1ccc(C(=O)CS(=O)(=O)CCS(C)(=O)=O)cc1. The molecule has 0 radical (unpaired) electrons. The Morgan fingerprint density at radius 1 is 1.00 bits per heavy atom. The van der Waals surface area contributed by atoms with E-state index < -0.39 is 42.7 Å². The molecule has 0 heterocycles. The summed E-state index contributed by atoms with van der Waals surface area (Å²) >= 11 is 0. The predicted molar refractivity (Wildman–Crippen MR) is 78.5 cm³/mol. The molecule has 0 aliphatic heterocycles. The molecule has 0 bridgehead atoms. The molecule has 0 aliphatic carbocycles. The zero-order valence-corrected chi connectivity index (χ0v) is 13.1. The van der Waals surface area contributed by atoms with E-state index in [9.17, 15) is 21.6 Å². The molecule has 1 aromatic carbocycles. The number of hydrogen-bond donors (Lipinski definition) is 0. The van der Waals surface area contributed by atoms with Gasteiger partial charge in [-0.1, -0.05) is 31.2 Å². The molecule has 112 valence electrons. The maximum atomic E-state index is 11.9. The first-order chi connectivity index (χ1) is 9.13. The number of aryl methyl sites for hydroxylation is 1. The van der Waals surface area contributed by atoms with Crippen molar-refractivity contribution in [3.05, 3.63) is 35.4 Å². The number of benzene rings is 1. The molecule has 0 N–H and O–H groups in total. The summed E-state index contributed by atoms with van der Waals surface area (Å²) in [5.74, 6) is -2.16. The fourth-order valence-electron chi connectivity index (χ4n) is 1.56. The zero-order chi connectivity index (χ0) is 15.4. The van der Waals surface area contributed by atoms with E-state index in [1.807, 2.05) is 6.92 Å². The molecule has 0 fully saturated rings. The number of ketones is 1. The van der Waals surface area contributed by atoms with Gasteiger partial charge in [-0.15, -0.1) is 0 Å². The molecule has 7 heteroatoms. The summed E-state index contributed by atoms with van der Waals surface area (Å²) in [5.41, 5.74) is 1.38. The smallest absolute Gasteiger partial charge is 0.177 e. The summed E-state index contributed by atoms with van der Waals surface area (Å²) in [7, 11) is -7.06. The number of hydrogen-bond acceptors (Lipinski definition) is 5. The average molecular weight is 318 g/mol. The first-order valence-electron chi connectivity index (χ1n) is 6.13. The Bertz CT molecular complexity index is 670. The maximum absolute atomic E-state index is 11.9. The van der Waals surface area contributed by atoms with Gasteiger partial charge < -0.3 is 0 Å². The van der Waals surface area contributed by atoms with Gasteiger partial charge >= 0.3 is 0 Å². The monoisotopic (exact) mass is 318 g/mol. The second kappa shape index (κ2) is 6.49. The minimum atomic E-state index is -3.71. The third-order valence-corrected chi connectivity index (χ3v) is 5.53. The van der Waals surface area contributed by atoms with Crippen LogP contribution in [0.1, 0.15) is 22.8 Å². The molecule has 1 rings (SSSR count). The van der Waals surface area contributed by atoms with Gasteiger partial charge in [0, 0.05) is 11.8 Å². The van der Waals surface area contributed by atoms with Crippen LogP contribution in [0.2, 0.25) is 0 Å². The second-order valence-electron chi connectivity index (χ2n) is 4.70. The summed E-state index contributed by atoms with van der Waals surface area (Å²) in [6.45, 7) is 1.98. The summed E-state index contributed by atoms with van der Waals surface area (Å²) in [6, 6.07) is 6.73. The van der Waals surface area contributed by atoms with Crippen LogP contribution in [0, 0.1) is 0 Å². The van der Waals surface area contributed by atoms with Crippen LogP contribution >= 0.6 is 0 Å². The number of rotatable bonds is 7. The van der Waals surface area contributed by atoms with Crippen LogP contribution in [0.25, 0.3) is 0 Å². The lowest BCUT2D eigenvalue weighted by atomic mass is 10.1. The summed E-state index contributed by atoms with van der Waals surface area (Å²) in [6.07, 6.45) is 1.80. The van der Waals surface area contributed by atoms with Crippen LogP contribution in [0.15, 0.2) is 24.3 Å². The van der Waals surface area contributed by atoms with Crippen molar-refractivity contribution >= 4 is 25.5 Å². The maximum Gasteiger partial charge on any atom is 0.177 e. The topological polar surface area (TPSA) is 85.3 Å². The Kier molecular flexibility index (Phi) is 5.47. The minimum absolute atomic E-state index is 0.324.